The molecular formula is C22H23FN4O3S2. The molecule has 0 bridgehead atoms. The largest absolute Gasteiger partial charge is 0.325 e. The van der Waals surface area contributed by atoms with Crippen molar-refractivity contribution >= 4 is 50.9 Å². The number of aryl methyl sites for hydroxylation is 2. The number of nitrogens with zero attached hydrogens (tertiary/aromatic N) is 2. The molecule has 0 radical (unpaired) electrons. The van der Waals surface area contributed by atoms with E-state index in [0.29, 0.717) is 15.4 Å². The zero-order valence-corrected chi connectivity index (χ0v) is 19.4. The van der Waals surface area contributed by atoms with Gasteiger partial charge < -0.3 is 5.32 Å². The molecule has 1 saturated carbocycles. The monoisotopic (exact) mass is 474 g/mol. The van der Waals surface area contributed by atoms with Gasteiger partial charge in [-0.15, -0.1) is 11.3 Å². The van der Waals surface area contributed by atoms with Crippen molar-refractivity contribution in [2.75, 3.05) is 11.1 Å². The number of halogens is 1. The van der Waals surface area contributed by atoms with Crippen LogP contribution in [0.2, 0.25) is 0 Å². The Morgan fingerprint density at radius 1 is 1.25 bits per heavy atom. The van der Waals surface area contributed by atoms with Crippen LogP contribution in [0.15, 0.2) is 34.2 Å². The molecule has 0 unspecified atom stereocenters. The molecule has 2 aromatic heterocycles. The highest BCUT2D eigenvalue weighted by Crippen LogP contribution is 2.34. The summed E-state index contributed by atoms with van der Waals surface area (Å²) >= 11 is 2.60. The predicted molar refractivity (Wildman–Crippen MR) is 125 cm³/mol. The molecule has 1 fully saturated rings. The third-order valence-electron chi connectivity index (χ3n) is 5.60. The number of thiophene rings is 1. The zero-order chi connectivity index (χ0) is 22.8. The molecule has 10 heteroatoms. The van der Waals surface area contributed by atoms with Crippen molar-refractivity contribution in [2.24, 2.45) is 0 Å². The maximum Gasteiger partial charge on any atom is 0.325 e. The molecule has 168 valence electrons. The molecule has 4 rings (SSSR count). The van der Waals surface area contributed by atoms with E-state index in [0.717, 1.165) is 47.9 Å². The lowest BCUT2D eigenvalue weighted by Gasteiger charge is -2.18. The summed E-state index contributed by atoms with van der Waals surface area (Å²) in [7, 11) is 0. The van der Waals surface area contributed by atoms with Gasteiger partial charge in [-0.2, -0.15) is 0 Å². The number of thioether (sulfide) groups is 1. The molecular weight excluding hydrogens is 451 g/mol. The van der Waals surface area contributed by atoms with E-state index in [9.17, 15) is 18.8 Å². The number of imide groups is 1. The van der Waals surface area contributed by atoms with Crippen LogP contribution in [0.25, 0.3) is 10.2 Å². The molecule has 2 heterocycles. The lowest BCUT2D eigenvalue weighted by molar-refractivity contribution is -0.117. The van der Waals surface area contributed by atoms with Crippen molar-refractivity contribution in [1.29, 1.82) is 0 Å². The highest BCUT2D eigenvalue weighted by molar-refractivity contribution is 7.99. The summed E-state index contributed by atoms with van der Waals surface area (Å²) in [5.74, 6) is -1.25. The van der Waals surface area contributed by atoms with Crippen molar-refractivity contribution < 1.29 is 14.0 Å². The number of hydrogen-bond donors (Lipinski definition) is 2. The first-order valence-corrected chi connectivity index (χ1v) is 12.2. The van der Waals surface area contributed by atoms with Crippen LogP contribution in [0, 0.1) is 19.7 Å². The van der Waals surface area contributed by atoms with Crippen LogP contribution < -0.4 is 16.2 Å². The average Bonchev–Trinajstić information content (AvgIpc) is 3.36. The summed E-state index contributed by atoms with van der Waals surface area (Å²) in [4.78, 5) is 44.2. The van der Waals surface area contributed by atoms with Gasteiger partial charge >= 0.3 is 6.03 Å². The van der Waals surface area contributed by atoms with E-state index in [1.165, 1.54) is 29.5 Å². The highest BCUT2D eigenvalue weighted by Gasteiger charge is 2.25. The number of fused-ring (bicyclic) bond motifs is 1. The number of amides is 3. The van der Waals surface area contributed by atoms with Gasteiger partial charge in [0.25, 0.3) is 5.56 Å². The van der Waals surface area contributed by atoms with E-state index in [1.54, 1.807) is 10.6 Å². The van der Waals surface area contributed by atoms with Crippen LogP contribution in [0.4, 0.5) is 14.9 Å². The number of benzene rings is 1. The fourth-order valence-electron chi connectivity index (χ4n) is 3.88. The van der Waals surface area contributed by atoms with E-state index >= 15 is 0 Å². The quantitative estimate of drug-likeness (QED) is 0.410. The van der Waals surface area contributed by atoms with Crippen LogP contribution in [-0.2, 0) is 4.79 Å². The molecule has 32 heavy (non-hydrogen) atoms. The number of aromatic nitrogens is 2. The van der Waals surface area contributed by atoms with Gasteiger partial charge in [-0.25, -0.2) is 14.2 Å². The first-order valence-electron chi connectivity index (χ1n) is 10.4. The number of urea groups is 1. The van der Waals surface area contributed by atoms with Gasteiger partial charge in [0.2, 0.25) is 5.91 Å². The minimum Gasteiger partial charge on any atom is -0.305 e. The van der Waals surface area contributed by atoms with Gasteiger partial charge in [0.1, 0.15) is 10.6 Å². The molecule has 2 N–H and O–H groups in total. The third kappa shape index (κ3) is 4.56. The third-order valence-corrected chi connectivity index (χ3v) is 7.65. The van der Waals surface area contributed by atoms with Gasteiger partial charge in [0.05, 0.1) is 16.8 Å². The molecule has 3 amide bonds. The van der Waals surface area contributed by atoms with Crippen molar-refractivity contribution in [3.05, 3.63) is 50.9 Å². The van der Waals surface area contributed by atoms with Crippen molar-refractivity contribution in [3.63, 3.8) is 0 Å². The number of anilines is 1. The van der Waals surface area contributed by atoms with Gasteiger partial charge in [-0.05, 0) is 44.4 Å². The van der Waals surface area contributed by atoms with Crippen LogP contribution >= 0.6 is 23.1 Å². The Hall–Kier alpha value is -2.72. The lowest BCUT2D eigenvalue weighted by Crippen LogP contribution is -2.36. The minimum absolute atomic E-state index is 0.0175. The summed E-state index contributed by atoms with van der Waals surface area (Å²) in [6.07, 6.45) is 3.91. The first-order chi connectivity index (χ1) is 15.3. The fourth-order valence-corrected chi connectivity index (χ4v) is 5.82. The maximum absolute atomic E-state index is 13.7. The molecule has 1 aliphatic rings. The summed E-state index contributed by atoms with van der Waals surface area (Å²) < 4.78 is 15.4. The Bertz CT molecular complexity index is 1250. The Morgan fingerprint density at radius 2 is 1.97 bits per heavy atom. The van der Waals surface area contributed by atoms with E-state index in [4.69, 9.17) is 4.98 Å². The van der Waals surface area contributed by atoms with E-state index in [-0.39, 0.29) is 23.0 Å². The molecule has 1 aromatic carbocycles. The second-order valence-corrected chi connectivity index (χ2v) is 9.89. The Labute approximate surface area is 192 Å². The fraction of sp³-hybridized carbons (Fsp3) is 0.364. The number of carbonyl (C=O) groups excluding carboxylic acids is 2. The van der Waals surface area contributed by atoms with E-state index in [2.05, 4.69) is 10.6 Å². The van der Waals surface area contributed by atoms with Crippen LogP contribution in [0.3, 0.4) is 0 Å². The maximum atomic E-state index is 13.7. The number of carbonyl (C=O) groups is 2. The number of nitrogens with one attached hydrogen (secondary N) is 2. The van der Waals surface area contributed by atoms with Crippen molar-refractivity contribution in [2.45, 2.75) is 50.7 Å². The van der Waals surface area contributed by atoms with Crippen molar-refractivity contribution in [3.8, 4) is 0 Å². The van der Waals surface area contributed by atoms with Gasteiger partial charge in [0.15, 0.2) is 5.16 Å². The van der Waals surface area contributed by atoms with Crippen molar-refractivity contribution in [1.82, 2.24) is 14.9 Å². The second kappa shape index (κ2) is 9.41. The number of hydrogen-bond acceptors (Lipinski definition) is 6. The normalized spacial score (nSPS) is 14.1. The van der Waals surface area contributed by atoms with Crippen LogP contribution in [-0.4, -0.2) is 27.2 Å². The van der Waals surface area contributed by atoms with Crippen LogP contribution in [0.5, 0.6) is 0 Å². The number of rotatable bonds is 5. The Morgan fingerprint density at radius 3 is 2.69 bits per heavy atom. The standard InChI is InChI=1S/C22H23FN4O3S2/c1-12-13(2)32-19-18(12)20(29)27(14-7-3-4-8-14)22(26-19)31-11-17(28)25-21(30)24-16-10-6-5-9-15(16)23/h5-6,9-10,14H,3-4,7-8,11H2,1-2H3,(H2,24,25,28,30). The summed E-state index contributed by atoms with van der Waals surface area (Å²) in [5, 5.41) is 5.64. The molecule has 1 aliphatic carbocycles. The molecule has 0 atom stereocenters. The molecule has 0 saturated heterocycles. The number of para-hydroxylation sites is 1. The molecule has 7 nitrogen and oxygen atoms in total. The van der Waals surface area contributed by atoms with Gasteiger partial charge in [-0.3, -0.25) is 19.5 Å². The first kappa shape index (κ1) is 22.5. The topological polar surface area (TPSA) is 93.1 Å². The smallest absolute Gasteiger partial charge is 0.305 e. The van der Waals surface area contributed by atoms with E-state index < -0.39 is 17.8 Å². The molecule has 0 spiro atoms. The zero-order valence-electron chi connectivity index (χ0n) is 17.7. The van der Waals surface area contributed by atoms with E-state index in [1.807, 2.05) is 13.8 Å². The summed E-state index contributed by atoms with van der Waals surface area (Å²) in [6.45, 7) is 3.90. The molecule has 0 aliphatic heterocycles. The molecule has 3 aromatic rings. The minimum atomic E-state index is -0.818. The van der Waals surface area contributed by atoms with Gasteiger partial charge in [0, 0.05) is 10.9 Å². The second-order valence-electron chi connectivity index (χ2n) is 7.74. The average molecular weight is 475 g/mol. The Kier molecular flexibility index (Phi) is 6.61. The Balaban J connectivity index is 1.51. The lowest BCUT2D eigenvalue weighted by atomic mass is 10.2. The van der Waals surface area contributed by atoms with Gasteiger partial charge in [-0.1, -0.05) is 36.7 Å². The predicted octanol–water partition coefficient (Wildman–Crippen LogP) is 4.77. The van der Waals surface area contributed by atoms with Crippen LogP contribution in [0.1, 0.15) is 42.2 Å². The summed E-state index contributed by atoms with van der Waals surface area (Å²) in [5.41, 5.74) is 0.869. The summed E-state index contributed by atoms with van der Waals surface area (Å²) in [6, 6.07) is 4.94. The SMILES string of the molecule is Cc1sc2nc(SCC(=O)NC(=O)Nc3ccccc3F)n(C3CCCC3)c(=O)c2c1C. The highest BCUT2D eigenvalue weighted by atomic mass is 32.2.